The van der Waals surface area contributed by atoms with Crippen LogP contribution in [0.1, 0.15) is 22.4 Å². The van der Waals surface area contributed by atoms with Crippen LogP contribution in [0.25, 0.3) is 0 Å². The summed E-state index contributed by atoms with van der Waals surface area (Å²) in [5.74, 6) is 0.324. The van der Waals surface area contributed by atoms with E-state index in [1.807, 2.05) is 27.0 Å². The quantitative estimate of drug-likeness (QED) is 0.924. The Hall–Kier alpha value is -1.94. The molecule has 1 heterocycles. The molecule has 20 heavy (non-hydrogen) atoms. The molecule has 0 saturated carbocycles. The van der Waals surface area contributed by atoms with Crippen molar-refractivity contribution in [3.63, 3.8) is 0 Å². The summed E-state index contributed by atoms with van der Waals surface area (Å²) >= 11 is 0. The van der Waals surface area contributed by atoms with Crippen molar-refractivity contribution < 1.29 is 9.13 Å². The van der Waals surface area contributed by atoms with Gasteiger partial charge in [0.1, 0.15) is 0 Å². The van der Waals surface area contributed by atoms with E-state index in [0.717, 1.165) is 16.8 Å². The number of ether oxygens (including phenoxy) is 1. The molecule has 1 N–H and O–H groups in total. The molecule has 106 valence electrons. The molecule has 0 unspecified atom stereocenters. The third-order valence-electron chi connectivity index (χ3n) is 3.15. The zero-order chi connectivity index (χ0) is 14.7. The van der Waals surface area contributed by atoms with Gasteiger partial charge in [0, 0.05) is 17.8 Å². The fourth-order valence-corrected chi connectivity index (χ4v) is 2.11. The highest BCUT2D eigenvalue weighted by Crippen LogP contribution is 2.29. The van der Waals surface area contributed by atoms with E-state index >= 15 is 0 Å². The molecule has 0 aliphatic rings. The summed E-state index contributed by atoms with van der Waals surface area (Å²) in [7, 11) is 1.86. The Morgan fingerprint density at radius 1 is 1.20 bits per heavy atom. The first-order chi connectivity index (χ1) is 9.52. The van der Waals surface area contributed by atoms with Crippen LogP contribution in [0.3, 0.4) is 0 Å². The lowest BCUT2D eigenvalue weighted by Gasteiger charge is -2.14. The minimum atomic E-state index is -0.344. The van der Waals surface area contributed by atoms with E-state index in [0.29, 0.717) is 18.0 Å². The molecule has 2 aromatic rings. The Balaban J connectivity index is 2.44. The molecule has 0 aliphatic heterocycles. The summed E-state index contributed by atoms with van der Waals surface area (Å²) in [6.07, 6.45) is 0. The first-order valence-electron chi connectivity index (χ1n) is 6.57. The minimum Gasteiger partial charge on any atom is -0.436 e. The monoisotopic (exact) mass is 274 g/mol. The molecule has 4 heteroatoms. The van der Waals surface area contributed by atoms with Gasteiger partial charge in [-0.1, -0.05) is 12.1 Å². The third kappa shape index (κ3) is 2.96. The zero-order valence-corrected chi connectivity index (χ0v) is 12.2. The summed E-state index contributed by atoms with van der Waals surface area (Å²) in [6.45, 7) is 6.24. The second-order valence-corrected chi connectivity index (χ2v) is 4.88. The fraction of sp³-hybridized carbons (Fsp3) is 0.312. The van der Waals surface area contributed by atoms with Crippen LogP contribution in [-0.2, 0) is 6.54 Å². The molecule has 0 atom stereocenters. The number of benzene rings is 1. The van der Waals surface area contributed by atoms with Crippen molar-refractivity contribution in [2.45, 2.75) is 27.3 Å². The van der Waals surface area contributed by atoms with Gasteiger partial charge < -0.3 is 10.1 Å². The molecule has 1 aromatic carbocycles. The average Bonchev–Trinajstić information content (AvgIpc) is 2.39. The summed E-state index contributed by atoms with van der Waals surface area (Å²) in [5.41, 5.74) is 3.43. The van der Waals surface area contributed by atoms with E-state index < -0.39 is 0 Å². The summed E-state index contributed by atoms with van der Waals surface area (Å²) in [6, 6.07) is 7.09. The molecular weight excluding hydrogens is 255 g/mol. The van der Waals surface area contributed by atoms with Gasteiger partial charge in [0.15, 0.2) is 11.6 Å². The average molecular weight is 274 g/mol. The highest BCUT2D eigenvalue weighted by Gasteiger charge is 2.13. The van der Waals surface area contributed by atoms with Crippen molar-refractivity contribution in [1.29, 1.82) is 0 Å². The van der Waals surface area contributed by atoms with Crippen molar-refractivity contribution in [3.05, 3.63) is 52.5 Å². The molecule has 0 aliphatic carbocycles. The Morgan fingerprint density at radius 2 is 1.95 bits per heavy atom. The van der Waals surface area contributed by atoms with Gasteiger partial charge in [0.25, 0.3) is 0 Å². The van der Waals surface area contributed by atoms with E-state index in [2.05, 4.69) is 10.3 Å². The number of nitrogens with zero attached hydrogens (tertiary/aromatic N) is 1. The maximum Gasteiger partial charge on any atom is 0.224 e. The minimum absolute atomic E-state index is 0.208. The van der Waals surface area contributed by atoms with E-state index in [9.17, 15) is 4.39 Å². The molecule has 0 saturated heterocycles. The third-order valence-corrected chi connectivity index (χ3v) is 3.15. The zero-order valence-electron chi connectivity index (χ0n) is 12.2. The highest BCUT2D eigenvalue weighted by molar-refractivity contribution is 5.40. The van der Waals surface area contributed by atoms with Crippen LogP contribution >= 0.6 is 0 Å². The SMILES string of the molecule is CNCc1c(C)cc(C)nc1Oc1cccc(C)c1F. The van der Waals surface area contributed by atoms with Crippen molar-refractivity contribution in [3.8, 4) is 11.6 Å². The topological polar surface area (TPSA) is 34.2 Å². The van der Waals surface area contributed by atoms with E-state index in [4.69, 9.17) is 4.74 Å². The Morgan fingerprint density at radius 3 is 2.65 bits per heavy atom. The predicted octanol–water partition coefficient (Wildman–Crippen LogP) is 3.66. The van der Waals surface area contributed by atoms with Crippen LogP contribution in [0.5, 0.6) is 11.6 Å². The van der Waals surface area contributed by atoms with Crippen molar-refractivity contribution in [1.82, 2.24) is 10.3 Å². The van der Waals surface area contributed by atoms with Gasteiger partial charge in [0.2, 0.25) is 5.88 Å². The van der Waals surface area contributed by atoms with E-state index in [1.165, 1.54) is 0 Å². The van der Waals surface area contributed by atoms with Gasteiger partial charge in [-0.15, -0.1) is 0 Å². The molecule has 0 bridgehead atoms. The molecular formula is C16H19FN2O. The maximum atomic E-state index is 14.0. The fourth-order valence-electron chi connectivity index (χ4n) is 2.11. The molecule has 0 spiro atoms. The number of pyridine rings is 1. The molecule has 3 nitrogen and oxygen atoms in total. The summed E-state index contributed by atoms with van der Waals surface area (Å²) in [4.78, 5) is 4.39. The van der Waals surface area contributed by atoms with E-state index in [-0.39, 0.29) is 11.6 Å². The first-order valence-corrected chi connectivity index (χ1v) is 6.57. The van der Waals surface area contributed by atoms with Crippen LogP contribution in [0, 0.1) is 26.6 Å². The van der Waals surface area contributed by atoms with Gasteiger partial charge in [0.05, 0.1) is 0 Å². The van der Waals surface area contributed by atoms with Crippen LogP contribution in [0.15, 0.2) is 24.3 Å². The number of aromatic nitrogens is 1. The van der Waals surface area contributed by atoms with E-state index in [1.54, 1.807) is 25.1 Å². The lowest BCUT2D eigenvalue weighted by Crippen LogP contribution is -2.10. The van der Waals surface area contributed by atoms with Crippen molar-refractivity contribution >= 4 is 0 Å². The molecule has 2 rings (SSSR count). The number of hydrogen-bond donors (Lipinski definition) is 1. The number of aryl methyl sites for hydroxylation is 3. The maximum absolute atomic E-state index is 14.0. The van der Waals surface area contributed by atoms with Gasteiger partial charge in [-0.3, -0.25) is 0 Å². The van der Waals surface area contributed by atoms with Gasteiger partial charge in [-0.25, -0.2) is 9.37 Å². The second-order valence-electron chi connectivity index (χ2n) is 4.88. The lowest BCUT2D eigenvalue weighted by atomic mass is 10.1. The van der Waals surface area contributed by atoms with Crippen molar-refractivity contribution in [2.24, 2.45) is 0 Å². The van der Waals surface area contributed by atoms with Crippen LogP contribution < -0.4 is 10.1 Å². The summed E-state index contributed by atoms with van der Waals surface area (Å²) < 4.78 is 19.7. The van der Waals surface area contributed by atoms with Gasteiger partial charge in [-0.2, -0.15) is 0 Å². The summed E-state index contributed by atoms with van der Waals surface area (Å²) in [5, 5.41) is 3.08. The number of rotatable bonds is 4. The smallest absolute Gasteiger partial charge is 0.224 e. The predicted molar refractivity (Wildman–Crippen MR) is 77.7 cm³/mol. The molecule has 0 amide bonds. The highest BCUT2D eigenvalue weighted by atomic mass is 19.1. The first kappa shape index (κ1) is 14.5. The normalized spacial score (nSPS) is 10.7. The van der Waals surface area contributed by atoms with Crippen LogP contribution in [0.4, 0.5) is 4.39 Å². The van der Waals surface area contributed by atoms with Crippen LogP contribution in [-0.4, -0.2) is 12.0 Å². The van der Waals surface area contributed by atoms with Gasteiger partial charge in [-0.05, 0) is 51.1 Å². The Kier molecular flexibility index (Phi) is 4.35. The molecule has 0 fully saturated rings. The van der Waals surface area contributed by atoms with Gasteiger partial charge >= 0.3 is 0 Å². The van der Waals surface area contributed by atoms with Crippen LogP contribution in [0.2, 0.25) is 0 Å². The Labute approximate surface area is 118 Å². The number of nitrogens with one attached hydrogen (secondary N) is 1. The van der Waals surface area contributed by atoms with Crippen molar-refractivity contribution in [2.75, 3.05) is 7.05 Å². The molecule has 1 aromatic heterocycles. The number of halogens is 1. The Bertz CT molecular complexity index is 626. The number of hydrogen-bond acceptors (Lipinski definition) is 3. The second kappa shape index (κ2) is 6.01. The largest absolute Gasteiger partial charge is 0.436 e. The standard InChI is InChI=1S/C16H19FN2O/c1-10-6-5-7-14(15(10)17)20-16-13(9-18-4)11(2)8-12(3)19-16/h5-8,18H,9H2,1-4H3. The lowest BCUT2D eigenvalue weighted by molar-refractivity contribution is 0.418. The molecule has 0 radical (unpaired) electrons.